The molecule has 8 rings (SSSR count). The van der Waals surface area contributed by atoms with Crippen LogP contribution in [0.1, 0.15) is 52.7 Å². The zero-order valence-electron chi connectivity index (χ0n) is 28.9. The summed E-state index contributed by atoms with van der Waals surface area (Å²) in [6.07, 6.45) is 2.31. The molecule has 2 N–H and O–H groups in total. The molecule has 4 aromatic rings. The second-order valence-corrected chi connectivity index (χ2v) is 14.1. The van der Waals surface area contributed by atoms with Crippen LogP contribution in [-0.4, -0.2) is 46.6 Å². The van der Waals surface area contributed by atoms with Crippen LogP contribution in [0.25, 0.3) is 0 Å². The number of allylic oxidation sites excluding steroid dienone is 2. The highest BCUT2D eigenvalue weighted by Crippen LogP contribution is 2.65. The van der Waals surface area contributed by atoms with E-state index in [4.69, 9.17) is 4.74 Å². The summed E-state index contributed by atoms with van der Waals surface area (Å²) in [6.45, 7) is 3.39. The highest BCUT2D eigenvalue weighted by Gasteiger charge is 2.70. The number of hydrazine groups is 1. The minimum Gasteiger partial charge on any atom is -0.508 e. The van der Waals surface area contributed by atoms with Crippen molar-refractivity contribution in [2.45, 2.75) is 38.0 Å². The summed E-state index contributed by atoms with van der Waals surface area (Å²) in [4.78, 5) is 71.7. The van der Waals surface area contributed by atoms with Crippen LogP contribution in [0, 0.1) is 30.6 Å². The number of imide groups is 2. The minimum absolute atomic E-state index is 0.117. The molecule has 2 saturated heterocycles. The summed E-state index contributed by atoms with van der Waals surface area (Å²) in [5.74, 6) is -5.43. The monoisotopic (exact) mass is 695 g/mol. The van der Waals surface area contributed by atoms with Crippen molar-refractivity contribution in [1.29, 1.82) is 0 Å². The Bertz CT molecular complexity index is 2180. The van der Waals surface area contributed by atoms with Gasteiger partial charge in [0.05, 0.1) is 41.7 Å². The van der Waals surface area contributed by atoms with Gasteiger partial charge in [0.15, 0.2) is 5.78 Å². The Morgan fingerprint density at radius 1 is 0.865 bits per heavy atom. The third-order valence-corrected chi connectivity index (χ3v) is 11.5. The Balaban J connectivity index is 1.30. The molecule has 2 aliphatic heterocycles. The van der Waals surface area contributed by atoms with E-state index in [2.05, 4.69) is 5.43 Å². The third-order valence-electron chi connectivity index (χ3n) is 11.5. The molecule has 3 fully saturated rings. The van der Waals surface area contributed by atoms with E-state index in [-0.39, 0.29) is 30.3 Å². The molecular formula is C42H37N3O7. The van der Waals surface area contributed by atoms with Gasteiger partial charge in [0.1, 0.15) is 11.5 Å². The number of hydrogen-bond donors (Lipinski definition) is 2. The number of ketones is 1. The second kappa shape index (κ2) is 12.3. The fourth-order valence-corrected chi connectivity index (χ4v) is 9.09. The number of amides is 4. The second-order valence-electron chi connectivity index (χ2n) is 14.1. The average molecular weight is 696 g/mol. The van der Waals surface area contributed by atoms with E-state index in [9.17, 15) is 24.3 Å². The van der Waals surface area contributed by atoms with Gasteiger partial charge in [-0.05, 0) is 80.6 Å². The maximum absolute atomic E-state index is 15.2. The first kappa shape index (κ1) is 33.1. The number of phenolic OH excluding ortho intramolecular Hbond substituents is 1. The molecule has 0 bridgehead atoms. The highest BCUT2D eigenvalue weighted by atomic mass is 16.5. The number of methoxy groups -OCH3 is 1. The molecule has 2 aliphatic carbocycles. The molecule has 1 saturated carbocycles. The molecule has 4 aromatic carbocycles. The van der Waals surface area contributed by atoms with Gasteiger partial charge >= 0.3 is 0 Å². The lowest BCUT2D eigenvalue weighted by Crippen LogP contribution is -2.53. The van der Waals surface area contributed by atoms with Gasteiger partial charge in [-0.15, -0.1) is 0 Å². The van der Waals surface area contributed by atoms with Crippen LogP contribution in [0.2, 0.25) is 0 Å². The highest BCUT2D eigenvalue weighted by molar-refractivity contribution is 6.22. The van der Waals surface area contributed by atoms with Gasteiger partial charge in [-0.3, -0.25) is 34.3 Å². The summed E-state index contributed by atoms with van der Waals surface area (Å²) in [6, 6.07) is 27.8. The number of fused-ring (bicyclic) bond motifs is 4. The van der Waals surface area contributed by atoms with Crippen molar-refractivity contribution in [3.8, 4) is 11.5 Å². The van der Waals surface area contributed by atoms with E-state index in [1.54, 1.807) is 48.5 Å². The van der Waals surface area contributed by atoms with E-state index in [0.717, 1.165) is 16.1 Å². The topological polar surface area (TPSA) is 133 Å². The summed E-state index contributed by atoms with van der Waals surface area (Å²) >= 11 is 0. The largest absolute Gasteiger partial charge is 0.508 e. The normalized spacial score (nSPS) is 26.4. The van der Waals surface area contributed by atoms with Gasteiger partial charge < -0.3 is 9.84 Å². The SMILES string of the molecule is COc1ccc(C2C3=CCC4C(=O)N(c5ccc(C(C)=O)cc5)C(=O)C4C3CC3C(=O)N(Nc4ccc(C)cc4)C(=O)C32c2ccccc2)c(O)c1. The Labute approximate surface area is 300 Å². The molecule has 6 atom stereocenters. The van der Waals surface area contributed by atoms with Crippen molar-refractivity contribution in [2.24, 2.45) is 23.7 Å². The predicted molar refractivity (Wildman–Crippen MR) is 192 cm³/mol. The standard InChI is InChI=1S/C42H37N3O7/c1-23-9-13-27(14-10-23)43-45-39(49)34-22-33-30(19-20-32-36(33)40(50)44(38(32)48)28-15-11-25(12-16-28)24(2)46)37(31-18-17-29(52-3)21-35(31)47)42(34,41(45)51)26-7-5-4-6-8-26/h4-19,21,32-34,36-37,43,47H,20,22H2,1-3H3. The molecule has 0 radical (unpaired) electrons. The quantitative estimate of drug-likeness (QED) is 0.135. The first-order chi connectivity index (χ1) is 25.1. The number of nitrogens with zero attached hydrogens (tertiary/aromatic N) is 2. The zero-order chi connectivity index (χ0) is 36.5. The molecule has 10 nitrogen and oxygen atoms in total. The number of ether oxygens (including phenoxy) is 1. The van der Waals surface area contributed by atoms with Gasteiger partial charge in [0, 0.05) is 23.1 Å². The van der Waals surface area contributed by atoms with Gasteiger partial charge in [-0.25, -0.2) is 0 Å². The Hall–Kier alpha value is -6.03. The maximum Gasteiger partial charge on any atom is 0.260 e. The molecule has 0 spiro atoms. The van der Waals surface area contributed by atoms with E-state index < -0.39 is 52.7 Å². The van der Waals surface area contributed by atoms with Crippen LogP contribution in [-0.2, 0) is 24.6 Å². The Morgan fingerprint density at radius 2 is 1.58 bits per heavy atom. The van der Waals surface area contributed by atoms with Crippen LogP contribution in [0.4, 0.5) is 11.4 Å². The maximum atomic E-state index is 15.2. The van der Waals surface area contributed by atoms with E-state index in [1.807, 2.05) is 55.5 Å². The predicted octanol–water partition coefficient (Wildman–Crippen LogP) is 6.10. The lowest BCUT2D eigenvalue weighted by Gasteiger charge is -2.50. The third kappa shape index (κ3) is 4.81. The number of aromatic hydroxyl groups is 1. The lowest BCUT2D eigenvalue weighted by molar-refractivity contribution is -0.138. The summed E-state index contributed by atoms with van der Waals surface area (Å²) in [5.41, 5.74) is 5.73. The van der Waals surface area contributed by atoms with Gasteiger partial charge in [-0.1, -0.05) is 65.7 Å². The van der Waals surface area contributed by atoms with Gasteiger partial charge in [0.2, 0.25) is 11.8 Å². The molecule has 2 heterocycles. The van der Waals surface area contributed by atoms with Crippen LogP contribution in [0.15, 0.2) is 109 Å². The molecular weight excluding hydrogens is 658 g/mol. The Morgan fingerprint density at radius 3 is 2.23 bits per heavy atom. The average Bonchev–Trinajstić information content (AvgIpc) is 3.53. The van der Waals surface area contributed by atoms with Crippen molar-refractivity contribution in [2.75, 3.05) is 17.4 Å². The first-order valence-corrected chi connectivity index (χ1v) is 17.4. The number of carbonyl (C=O) groups excluding carboxylic acids is 5. The fourth-order valence-electron chi connectivity index (χ4n) is 9.09. The van der Waals surface area contributed by atoms with Crippen LogP contribution < -0.4 is 15.1 Å². The summed E-state index contributed by atoms with van der Waals surface area (Å²) < 4.78 is 5.41. The van der Waals surface area contributed by atoms with Gasteiger partial charge in [0.25, 0.3) is 11.8 Å². The number of benzene rings is 4. The van der Waals surface area contributed by atoms with Crippen LogP contribution >= 0.6 is 0 Å². The van der Waals surface area contributed by atoms with E-state index in [0.29, 0.717) is 33.8 Å². The number of anilines is 2. The molecule has 262 valence electrons. The van der Waals surface area contributed by atoms with E-state index in [1.165, 1.54) is 25.0 Å². The summed E-state index contributed by atoms with van der Waals surface area (Å²) in [5, 5.41) is 12.8. The van der Waals surface area contributed by atoms with Crippen LogP contribution in [0.5, 0.6) is 11.5 Å². The number of hydrogen-bond acceptors (Lipinski definition) is 8. The smallest absolute Gasteiger partial charge is 0.260 e. The Kier molecular flexibility index (Phi) is 7.86. The van der Waals surface area contributed by atoms with Crippen LogP contribution in [0.3, 0.4) is 0 Å². The first-order valence-electron chi connectivity index (χ1n) is 17.4. The number of nitrogens with one attached hydrogen (secondary N) is 1. The number of Topliss-reactive ketones (excluding diaryl/α,β-unsaturated/α-hetero) is 1. The summed E-state index contributed by atoms with van der Waals surface area (Å²) in [7, 11) is 1.49. The molecule has 10 heteroatoms. The minimum atomic E-state index is -1.51. The lowest BCUT2D eigenvalue weighted by atomic mass is 9.49. The van der Waals surface area contributed by atoms with E-state index >= 15 is 4.79 Å². The fraction of sp³-hybridized carbons (Fsp3) is 0.262. The van der Waals surface area contributed by atoms with Crippen molar-refractivity contribution >= 4 is 40.8 Å². The number of carbonyl (C=O) groups is 5. The number of rotatable bonds is 7. The molecule has 0 aromatic heterocycles. The molecule has 6 unspecified atom stereocenters. The molecule has 4 aliphatic rings. The van der Waals surface area contributed by atoms with Gasteiger partial charge in [-0.2, -0.15) is 5.01 Å². The number of phenols is 1. The van der Waals surface area contributed by atoms with Crippen molar-refractivity contribution in [3.63, 3.8) is 0 Å². The zero-order valence-corrected chi connectivity index (χ0v) is 28.9. The van der Waals surface area contributed by atoms with Crippen molar-refractivity contribution in [3.05, 3.63) is 131 Å². The van der Waals surface area contributed by atoms with Crippen molar-refractivity contribution in [1.82, 2.24) is 5.01 Å². The molecule has 52 heavy (non-hydrogen) atoms. The molecule has 4 amide bonds. The number of aryl methyl sites for hydroxylation is 1. The van der Waals surface area contributed by atoms with Crippen molar-refractivity contribution < 1.29 is 33.8 Å².